The van der Waals surface area contributed by atoms with Crippen LogP contribution in [0.2, 0.25) is 0 Å². The van der Waals surface area contributed by atoms with Crippen LogP contribution in [0.4, 0.5) is 13.2 Å². The quantitative estimate of drug-likeness (QED) is 0.785. The minimum absolute atomic E-state index is 0.331. The van der Waals surface area contributed by atoms with Gasteiger partial charge in [0.05, 0.1) is 5.69 Å². The average molecular weight is 230 g/mol. The SMILES string of the molecule is FC(F)(F)Oc1cccc(-n2ncnn2)c1. The molecule has 84 valence electrons. The lowest BCUT2D eigenvalue weighted by Crippen LogP contribution is -2.17. The van der Waals surface area contributed by atoms with Crippen molar-refractivity contribution < 1.29 is 17.9 Å². The van der Waals surface area contributed by atoms with E-state index in [0.29, 0.717) is 5.69 Å². The van der Waals surface area contributed by atoms with Crippen LogP contribution >= 0.6 is 0 Å². The van der Waals surface area contributed by atoms with Crippen molar-refractivity contribution in [2.45, 2.75) is 6.36 Å². The molecule has 0 spiro atoms. The molecule has 0 N–H and O–H groups in total. The summed E-state index contributed by atoms with van der Waals surface area (Å²) < 4.78 is 39.6. The molecule has 8 heteroatoms. The first kappa shape index (κ1) is 10.4. The van der Waals surface area contributed by atoms with E-state index in [1.807, 2.05) is 0 Å². The number of benzene rings is 1. The molecule has 0 aliphatic heterocycles. The Hall–Kier alpha value is -2.12. The number of ether oxygens (including phenoxy) is 1. The fraction of sp³-hybridized carbons (Fsp3) is 0.125. The van der Waals surface area contributed by atoms with Gasteiger partial charge in [0.25, 0.3) is 0 Å². The summed E-state index contributed by atoms with van der Waals surface area (Å²) in [5.41, 5.74) is 0.333. The van der Waals surface area contributed by atoms with Crippen LogP contribution in [0.25, 0.3) is 5.69 Å². The molecule has 0 unspecified atom stereocenters. The Kier molecular flexibility index (Phi) is 2.47. The maximum absolute atomic E-state index is 11.9. The maximum Gasteiger partial charge on any atom is 0.573 e. The van der Waals surface area contributed by atoms with Crippen molar-refractivity contribution >= 4 is 0 Å². The second-order valence-corrected chi connectivity index (χ2v) is 2.77. The molecule has 0 bridgehead atoms. The molecule has 0 amide bonds. The number of aromatic nitrogens is 4. The monoisotopic (exact) mass is 230 g/mol. The van der Waals surface area contributed by atoms with Gasteiger partial charge in [0, 0.05) is 6.07 Å². The Labute approximate surface area is 87.4 Å². The zero-order valence-corrected chi connectivity index (χ0v) is 7.72. The lowest BCUT2D eigenvalue weighted by molar-refractivity contribution is -0.274. The van der Waals surface area contributed by atoms with Gasteiger partial charge >= 0.3 is 6.36 Å². The zero-order valence-electron chi connectivity index (χ0n) is 7.72. The summed E-state index contributed by atoms with van der Waals surface area (Å²) in [6.45, 7) is 0. The number of tetrazole rings is 1. The molecule has 2 aromatic rings. The third kappa shape index (κ3) is 2.47. The summed E-state index contributed by atoms with van der Waals surface area (Å²) in [6.07, 6.45) is -3.54. The Morgan fingerprint density at radius 1 is 1.25 bits per heavy atom. The van der Waals surface area contributed by atoms with Crippen LogP contribution in [0.5, 0.6) is 5.75 Å². The Morgan fingerprint density at radius 2 is 2.06 bits per heavy atom. The minimum Gasteiger partial charge on any atom is -0.406 e. The summed E-state index contributed by atoms with van der Waals surface area (Å²) in [5, 5.41) is 10.7. The van der Waals surface area contributed by atoms with Crippen LogP contribution in [0, 0.1) is 0 Å². The van der Waals surface area contributed by atoms with Gasteiger partial charge < -0.3 is 4.74 Å². The molecule has 0 fully saturated rings. The Balaban J connectivity index is 2.27. The van der Waals surface area contributed by atoms with E-state index in [0.717, 1.165) is 10.9 Å². The van der Waals surface area contributed by atoms with E-state index in [-0.39, 0.29) is 5.75 Å². The molecule has 0 aliphatic carbocycles. The number of hydrogen-bond donors (Lipinski definition) is 0. The van der Waals surface area contributed by atoms with Crippen molar-refractivity contribution in [2.24, 2.45) is 0 Å². The molecule has 1 aromatic carbocycles. The summed E-state index contributed by atoms with van der Waals surface area (Å²) >= 11 is 0. The molecule has 1 heterocycles. The normalized spacial score (nSPS) is 11.4. The molecule has 0 aliphatic rings. The first-order valence-electron chi connectivity index (χ1n) is 4.14. The minimum atomic E-state index is -4.71. The van der Waals surface area contributed by atoms with Crippen molar-refractivity contribution in [1.82, 2.24) is 20.2 Å². The van der Waals surface area contributed by atoms with Crippen LogP contribution in [-0.4, -0.2) is 26.6 Å². The molecule has 0 atom stereocenters. The maximum atomic E-state index is 11.9. The van der Waals surface area contributed by atoms with Crippen LogP contribution in [0.1, 0.15) is 0 Å². The third-order valence-corrected chi connectivity index (χ3v) is 1.63. The van der Waals surface area contributed by atoms with Crippen LogP contribution < -0.4 is 4.74 Å². The summed E-state index contributed by atoms with van der Waals surface area (Å²) in [4.78, 5) is 1.09. The molecule has 0 radical (unpaired) electrons. The van der Waals surface area contributed by atoms with Crippen molar-refractivity contribution in [3.63, 3.8) is 0 Å². The van der Waals surface area contributed by atoms with Gasteiger partial charge in [0.15, 0.2) is 6.33 Å². The molecule has 2 rings (SSSR count). The van der Waals surface area contributed by atoms with Gasteiger partial charge in [-0.15, -0.1) is 28.2 Å². The zero-order chi connectivity index (χ0) is 11.6. The van der Waals surface area contributed by atoms with Gasteiger partial charge in [-0.25, -0.2) is 0 Å². The van der Waals surface area contributed by atoms with Gasteiger partial charge in [-0.1, -0.05) is 6.07 Å². The summed E-state index contributed by atoms with van der Waals surface area (Å²) in [7, 11) is 0. The second-order valence-electron chi connectivity index (χ2n) is 2.77. The second kappa shape index (κ2) is 3.80. The van der Waals surface area contributed by atoms with Crippen molar-refractivity contribution in [1.29, 1.82) is 0 Å². The number of halogens is 3. The van der Waals surface area contributed by atoms with E-state index < -0.39 is 6.36 Å². The lowest BCUT2D eigenvalue weighted by Gasteiger charge is -2.09. The largest absolute Gasteiger partial charge is 0.573 e. The van der Waals surface area contributed by atoms with E-state index in [9.17, 15) is 13.2 Å². The van der Waals surface area contributed by atoms with Crippen molar-refractivity contribution in [2.75, 3.05) is 0 Å². The smallest absolute Gasteiger partial charge is 0.406 e. The predicted octanol–water partition coefficient (Wildman–Crippen LogP) is 1.56. The summed E-state index contributed by atoms with van der Waals surface area (Å²) in [6, 6.07) is 5.29. The van der Waals surface area contributed by atoms with Crippen LogP contribution in [0.15, 0.2) is 30.6 Å². The Morgan fingerprint density at radius 3 is 2.69 bits per heavy atom. The van der Waals surface area contributed by atoms with Gasteiger partial charge in [0.2, 0.25) is 0 Å². The lowest BCUT2D eigenvalue weighted by atomic mass is 10.3. The summed E-state index contributed by atoms with van der Waals surface area (Å²) in [5.74, 6) is -0.331. The van der Waals surface area contributed by atoms with E-state index >= 15 is 0 Å². The van der Waals surface area contributed by atoms with Crippen LogP contribution in [-0.2, 0) is 0 Å². The fourth-order valence-corrected chi connectivity index (χ4v) is 1.09. The third-order valence-electron chi connectivity index (χ3n) is 1.63. The van der Waals surface area contributed by atoms with Crippen LogP contribution in [0.3, 0.4) is 0 Å². The molecule has 0 saturated heterocycles. The fourth-order valence-electron chi connectivity index (χ4n) is 1.09. The molecular weight excluding hydrogens is 225 g/mol. The average Bonchev–Trinajstić information content (AvgIpc) is 2.68. The predicted molar refractivity (Wildman–Crippen MR) is 45.8 cm³/mol. The first-order valence-corrected chi connectivity index (χ1v) is 4.14. The molecule has 5 nitrogen and oxygen atoms in total. The highest BCUT2D eigenvalue weighted by atomic mass is 19.4. The van der Waals surface area contributed by atoms with E-state index in [2.05, 4.69) is 20.1 Å². The topological polar surface area (TPSA) is 52.8 Å². The molecule has 0 saturated carbocycles. The number of hydrogen-bond acceptors (Lipinski definition) is 4. The van der Waals surface area contributed by atoms with Gasteiger partial charge in [-0.05, 0) is 17.3 Å². The number of nitrogens with zero attached hydrogens (tertiary/aromatic N) is 4. The van der Waals surface area contributed by atoms with Crippen molar-refractivity contribution in [3.05, 3.63) is 30.6 Å². The molecular formula is C8H5F3N4O. The van der Waals surface area contributed by atoms with E-state index in [1.165, 1.54) is 24.5 Å². The highest BCUT2D eigenvalue weighted by molar-refractivity contribution is 5.37. The molecule has 1 aromatic heterocycles. The highest BCUT2D eigenvalue weighted by Crippen LogP contribution is 2.23. The van der Waals surface area contributed by atoms with Gasteiger partial charge in [-0.3, -0.25) is 0 Å². The number of rotatable bonds is 2. The Bertz CT molecular complexity index is 468. The van der Waals surface area contributed by atoms with Gasteiger partial charge in [-0.2, -0.15) is 0 Å². The van der Waals surface area contributed by atoms with E-state index in [4.69, 9.17) is 0 Å². The van der Waals surface area contributed by atoms with Crippen molar-refractivity contribution in [3.8, 4) is 11.4 Å². The number of alkyl halides is 3. The van der Waals surface area contributed by atoms with E-state index in [1.54, 1.807) is 0 Å². The molecule has 16 heavy (non-hydrogen) atoms. The van der Waals surface area contributed by atoms with Gasteiger partial charge in [0.1, 0.15) is 5.75 Å². The first-order chi connectivity index (χ1) is 7.54. The standard InChI is InChI=1S/C8H5F3N4O/c9-8(10,11)16-7-3-1-2-6(4-7)15-13-5-12-14-15/h1-5H. The highest BCUT2D eigenvalue weighted by Gasteiger charge is 2.31.